The third-order valence-electron chi connectivity index (χ3n) is 3.35. The highest BCUT2D eigenvalue weighted by Crippen LogP contribution is 2.30. The van der Waals surface area contributed by atoms with Gasteiger partial charge >= 0.3 is 0 Å². The van der Waals surface area contributed by atoms with Crippen molar-refractivity contribution in [2.24, 2.45) is 0 Å². The zero-order valence-electron chi connectivity index (χ0n) is 12.6. The monoisotopic (exact) mass is 286 g/mol. The van der Waals surface area contributed by atoms with E-state index in [-0.39, 0.29) is 0 Å². The number of methoxy groups -OCH3 is 1. The second-order valence-corrected chi connectivity index (χ2v) is 4.92. The van der Waals surface area contributed by atoms with Crippen LogP contribution in [0.25, 0.3) is 0 Å². The zero-order chi connectivity index (χ0) is 15.1. The summed E-state index contributed by atoms with van der Waals surface area (Å²) < 4.78 is 11.0. The van der Waals surface area contributed by atoms with Gasteiger partial charge in [0, 0.05) is 12.0 Å². The van der Waals surface area contributed by atoms with Crippen molar-refractivity contribution in [1.29, 1.82) is 0 Å². The lowest BCUT2D eigenvalue weighted by Gasteiger charge is -2.17. The zero-order valence-corrected chi connectivity index (χ0v) is 12.6. The summed E-state index contributed by atoms with van der Waals surface area (Å²) in [4.78, 5) is 0. The molecular formula is C18H22O3. The van der Waals surface area contributed by atoms with Gasteiger partial charge in [-0.3, -0.25) is 0 Å². The first kappa shape index (κ1) is 15.4. The van der Waals surface area contributed by atoms with E-state index < -0.39 is 6.10 Å². The molecule has 0 aliphatic heterocycles. The Labute approximate surface area is 126 Å². The van der Waals surface area contributed by atoms with E-state index in [1.54, 1.807) is 7.11 Å². The minimum atomic E-state index is -0.616. The van der Waals surface area contributed by atoms with Gasteiger partial charge in [-0.2, -0.15) is 0 Å². The number of rotatable bonds is 7. The molecule has 1 unspecified atom stereocenters. The maximum atomic E-state index is 10.5. The van der Waals surface area contributed by atoms with Crippen molar-refractivity contribution in [2.45, 2.75) is 25.9 Å². The summed E-state index contributed by atoms with van der Waals surface area (Å²) in [6.07, 6.45) is 0.822. The Kier molecular flexibility index (Phi) is 5.64. The van der Waals surface area contributed by atoms with Crippen LogP contribution in [0, 0.1) is 0 Å². The lowest BCUT2D eigenvalue weighted by Crippen LogP contribution is -2.06. The van der Waals surface area contributed by atoms with Gasteiger partial charge in [0.2, 0.25) is 0 Å². The maximum absolute atomic E-state index is 10.5. The van der Waals surface area contributed by atoms with Crippen molar-refractivity contribution in [3.05, 3.63) is 59.7 Å². The number of ether oxygens (including phenoxy) is 2. The van der Waals surface area contributed by atoms with Crippen LogP contribution in [0.2, 0.25) is 0 Å². The van der Waals surface area contributed by atoms with Crippen LogP contribution in [0.3, 0.4) is 0 Å². The van der Waals surface area contributed by atoms with Gasteiger partial charge in [-0.05, 0) is 24.1 Å². The highest BCUT2D eigenvalue weighted by atomic mass is 16.5. The van der Waals surface area contributed by atoms with Crippen LogP contribution in [0.15, 0.2) is 48.5 Å². The van der Waals surface area contributed by atoms with Crippen LogP contribution < -0.4 is 9.47 Å². The molecule has 21 heavy (non-hydrogen) atoms. The Balaban J connectivity index is 2.18. The normalized spacial score (nSPS) is 12.0. The lowest BCUT2D eigenvalue weighted by atomic mass is 10.00. The lowest BCUT2D eigenvalue weighted by molar-refractivity contribution is 0.170. The quantitative estimate of drug-likeness (QED) is 0.842. The fourth-order valence-corrected chi connectivity index (χ4v) is 2.29. The van der Waals surface area contributed by atoms with E-state index >= 15 is 0 Å². The Morgan fingerprint density at radius 2 is 1.67 bits per heavy atom. The number of aliphatic hydroxyl groups is 1. The van der Waals surface area contributed by atoms with Crippen molar-refractivity contribution in [3.8, 4) is 11.5 Å². The van der Waals surface area contributed by atoms with Crippen LogP contribution in [-0.4, -0.2) is 18.8 Å². The van der Waals surface area contributed by atoms with E-state index in [1.165, 1.54) is 0 Å². The molecule has 0 radical (unpaired) electrons. The molecule has 3 heteroatoms. The Bertz CT molecular complexity index is 566. The predicted molar refractivity (Wildman–Crippen MR) is 83.9 cm³/mol. The summed E-state index contributed by atoms with van der Waals surface area (Å²) in [7, 11) is 1.64. The van der Waals surface area contributed by atoms with Crippen LogP contribution >= 0.6 is 0 Å². The van der Waals surface area contributed by atoms with Crippen LogP contribution in [-0.2, 0) is 6.42 Å². The molecule has 0 saturated carbocycles. The molecule has 1 N–H and O–H groups in total. The second-order valence-electron chi connectivity index (χ2n) is 4.92. The van der Waals surface area contributed by atoms with Gasteiger partial charge in [0.05, 0.1) is 19.8 Å². The van der Waals surface area contributed by atoms with Gasteiger partial charge in [-0.15, -0.1) is 0 Å². The first-order chi connectivity index (χ1) is 10.3. The van der Waals surface area contributed by atoms with Crippen molar-refractivity contribution in [1.82, 2.24) is 0 Å². The summed E-state index contributed by atoms with van der Waals surface area (Å²) in [5.74, 6) is 1.55. The first-order valence-corrected chi connectivity index (χ1v) is 7.28. The number of aliphatic hydroxyl groups excluding tert-OH is 1. The fourth-order valence-electron chi connectivity index (χ4n) is 2.29. The van der Waals surface area contributed by atoms with E-state index in [4.69, 9.17) is 9.47 Å². The van der Waals surface area contributed by atoms with Crippen molar-refractivity contribution < 1.29 is 14.6 Å². The van der Waals surface area contributed by atoms with Gasteiger partial charge in [0.15, 0.2) is 0 Å². The molecule has 0 fully saturated rings. The summed E-state index contributed by atoms with van der Waals surface area (Å²) in [5.41, 5.74) is 1.80. The number of benzene rings is 2. The fraction of sp³-hybridized carbons (Fsp3) is 0.333. The maximum Gasteiger partial charge on any atom is 0.125 e. The van der Waals surface area contributed by atoms with E-state index in [2.05, 4.69) is 6.92 Å². The molecule has 1 atom stereocenters. The number of hydrogen-bond donors (Lipinski definition) is 1. The number of para-hydroxylation sites is 2. The number of hydrogen-bond acceptors (Lipinski definition) is 3. The molecule has 3 nitrogen and oxygen atoms in total. The third-order valence-corrected chi connectivity index (χ3v) is 3.35. The average Bonchev–Trinajstić information content (AvgIpc) is 2.53. The van der Waals surface area contributed by atoms with E-state index in [0.29, 0.717) is 13.0 Å². The summed E-state index contributed by atoms with van der Waals surface area (Å²) in [6.45, 7) is 2.71. The van der Waals surface area contributed by atoms with E-state index in [9.17, 15) is 5.11 Å². The van der Waals surface area contributed by atoms with Crippen LogP contribution in [0.1, 0.15) is 30.6 Å². The molecule has 2 rings (SSSR count). The topological polar surface area (TPSA) is 38.7 Å². The smallest absolute Gasteiger partial charge is 0.125 e. The Morgan fingerprint density at radius 3 is 2.38 bits per heavy atom. The molecule has 0 aliphatic carbocycles. The molecule has 0 spiro atoms. The molecule has 2 aromatic carbocycles. The molecule has 112 valence electrons. The van der Waals surface area contributed by atoms with Gasteiger partial charge in [-0.1, -0.05) is 43.3 Å². The van der Waals surface area contributed by atoms with E-state index in [0.717, 1.165) is 29.0 Å². The second kappa shape index (κ2) is 7.70. The summed E-state index contributed by atoms with van der Waals surface area (Å²) in [5, 5.41) is 10.5. The Morgan fingerprint density at radius 1 is 1.00 bits per heavy atom. The molecular weight excluding hydrogens is 264 g/mol. The largest absolute Gasteiger partial charge is 0.496 e. The minimum Gasteiger partial charge on any atom is -0.496 e. The summed E-state index contributed by atoms with van der Waals surface area (Å²) >= 11 is 0. The Hall–Kier alpha value is -2.00. The standard InChI is InChI=1S/C18H22O3/c1-3-12-21-18-11-7-5-9-15(18)16(19)13-14-8-4-6-10-17(14)20-2/h4-11,16,19H,3,12-13H2,1-2H3. The van der Waals surface area contributed by atoms with Gasteiger partial charge < -0.3 is 14.6 Å². The minimum absolute atomic E-state index is 0.497. The SMILES string of the molecule is CCCOc1ccccc1C(O)Cc1ccccc1OC. The molecule has 0 aliphatic rings. The van der Waals surface area contributed by atoms with Gasteiger partial charge in [0.1, 0.15) is 11.5 Å². The predicted octanol–water partition coefficient (Wildman–Crippen LogP) is 3.76. The highest BCUT2D eigenvalue weighted by Gasteiger charge is 2.15. The van der Waals surface area contributed by atoms with E-state index in [1.807, 2.05) is 48.5 Å². The molecule has 0 amide bonds. The molecule has 2 aromatic rings. The molecule has 0 heterocycles. The van der Waals surface area contributed by atoms with Gasteiger partial charge in [-0.25, -0.2) is 0 Å². The highest BCUT2D eigenvalue weighted by molar-refractivity contribution is 5.39. The molecule has 0 aromatic heterocycles. The van der Waals surface area contributed by atoms with Crippen LogP contribution in [0.4, 0.5) is 0 Å². The average molecular weight is 286 g/mol. The summed E-state index contributed by atoms with van der Waals surface area (Å²) in [6, 6.07) is 15.4. The first-order valence-electron chi connectivity index (χ1n) is 7.28. The van der Waals surface area contributed by atoms with Crippen LogP contribution in [0.5, 0.6) is 11.5 Å². The van der Waals surface area contributed by atoms with Crippen molar-refractivity contribution >= 4 is 0 Å². The van der Waals surface area contributed by atoms with Crippen molar-refractivity contribution in [2.75, 3.05) is 13.7 Å². The van der Waals surface area contributed by atoms with Crippen molar-refractivity contribution in [3.63, 3.8) is 0 Å². The van der Waals surface area contributed by atoms with Gasteiger partial charge in [0.25, 0.3) is 0 Å². The molecule has 0 bridgehead atoms. The third kappa shape index (κ3) is 3.99. The molecule has 0 saturated heterocycles.